The zero-order valence-corrected chi connectivity index (χ0v) is 12.9. The van der Waals surface area contributed by atoms with Gasteiger partial charge in [-0.15, -0.1) is 0 Å². The molecule has 0 saturated carbocycles. The third-order valence-electron chi connectivity index (χ3n) is 3.18. The number of benzene rings is 2. The summed E-state index contributed by atoms with van der Waals surface area (Å²) in [7, 11) is 0. The molecule has 4 nitrogen and oxygen atoms in total. The summed E-state index contributed by atoms with van der Waals surface area (Å²) in [6, 6.07) is 15.1. The molecule has 2 rings (SSSR count). The molecule has 4 heteroatoms. The van der Waals surface area contributed by atoms with Gasteiger partial charge in [0.05, 0.1) is 6.10 Å². The molecule has 2 aromatic rings. The van der Waals surface area contributed by atoms with Crippen LogP contribution in [0.15, 0.2) is 48.5 Å². The number of hydrogen-bond donors (Lipinski definition) is 2. The number of hydrogen-bond acceptors (Lipinski definition) is 3. The molecule has 0 heterocycles. The molecule has 1 atom stereocenters. The first-order valence-corrected chi connectivity index (χ1v) is 7.29. The van der Waals surface area contributed by atoms with Gasteiger partial charge in [0.15, 0.2) is 0 Å². The minimum Gasteiger partial charge on any atom is -0.489 e. The molecule has 0 aliphatic heterocycles. The molecule has 22 heavy (non-hydrogen) atoms. The lowest BCUT2D eigenvalue weighted by Crippen LogP contribution is -2.30. The molecule has 0 spiro atoms. The van der Waals surface area contributed by atoms with Crippen molar-refractivity contribution in [2.24, 2.45) is 0 Å². The minimum atomic E-state index is -0.565. The van der Waals surface area contributed by atoms with Crippen molar-refractivity contribution in [3.63, 3.8) is 0 Å². The van der Waals surface area contributed by atoms with Crippen molar-refractivity contribution >= 4 is 5.91 Å². The van der Waals surface area contributed by atoms with Gasteiger partial charge in [-0.3, -0.25) is 4.79 Å². The minimum absolute atomic E-state index is 0.221. The van der Waals surface area contributed by atoms with Crippen molar-refractivity contribution in [2.75, 3.05) is 6.54 Å². The molecule has 0 fully saturated rings. The van der Waals surface area contributed by atoms with E-state index in [-0.39, 0.29) is 12.5 Å². The van der Waals surface area contributed by atoms with E-state index in [0.29, 0.717) is 17.9 Å². The van der Waals surface area contributed by atoms with Crippen LogP contribution >= 0.6 is 0 Å². The van der Waals surface area contributed by atoms with Crippen molar-refractivity contribution < 1.29 is 14.6 Å². The summed E-state index contributed by atoms with van der Waals surface area (Å²) in [6.45, 7) is 4.35. The second kappa shape index (κ2) is 7.61. The van der Waals surface area contributed by atoms with Crippen molar-refractivity contribution in [3.05, 3.63) is 65.2 Å². The maximum atomic E-state index is 11.9. The van der Waals surface area contributed by atoms with Crippen LogP contribution in [-0.4, -0.2) is 23.7 Å². The van der Waals surface area contributed by atoms with E-state index in [1.807, 2.05) is 37.3 Å². The summed E-state index contributed by atoms with van der Waals surface area (Å²) in [5, 5.41) is 11.9. The van der Waals surface area contributed by atoms with Gasteiger partial charge in [0, 0.05) is 12.1 Å². The van der Waals surface area contributed by atoms with Gasteiger partial charge in [0.1, 0.15) is 12.4 Å². The Morgan fingerprint density at radius 1 is 1.23 bits per heavy atom. The van der Waals surface area contributed by atoms with Crippen LogP contribution in [0.3, 0.4) is 0 Å². The maximum absolute atomic E-state index is 11.9. The van der Waals surface area contributed by atoms with E-state index in [2.05, 4.69) is 5.32 Å². The largest absolute Gasteiger partial charge is 0.489 e. The SMILES string of the molecule is Cc1ccc(COc2cccc(C(=O)NCC(C)O)c2)cc1. The number of aliphatic hydroxyl groups excluding tert-OH is 1. The number of amides is 1. The predicted octanol–water partition coefficient (Wildman–Crippen LogP) is 2.68. The van der Waals surface area contributed by atoms with Crippen LogP contribution in [0.5, 0.6) is 5.75 Å². The fourth-order valence-electron chi connectivity index (χ4n) is 1.92. The van der Waals surface area contributed by atoms with Gasteiger partial charge in [0.25, 0.3) is 5.91 Å². The molecule has 0 radical (unpaired) electrons. The second-order valence-corrected chi connectivity index (χ2v) is 5.36. The number of carbonyl (C=O) groups is 1. The number of carbonyl (C=O) groups excluding carboxylic acids is 1. The van der Waals surface area contributed by atoms with Crippen LogP contribution in [0.4, 0.5) is 0 Å². The summed E-state index contributed by atoms with van der Waals surface area (Å²) < 4.78 is 5.72. The average Bonchev–Trinajstić information content (AvgIpc) is 2.52. The Labute approximate surface area is 130 Å². The van der Waals surface area contributed by atoms with Gasteiger partial charge >= 0.3 is 0 Å². The lowest BCUT2D eigenvalue weighted by atomic mass is 10.1. The first-order valence-electron chi connectivity index (χ1n) is 7.29. The Balaban J connectivity index is 1.96. The molecule has 116 valence electrons. The van der Waals surface area contributed by atoms with E-state index < -0.39 is 6.10 Å². The van der Waals surface area contributed by atoms with Crippen molar-refractivity contribution in [1.29, 1.82) is 0 Å². The third kappa shape index (κ3) is 4.90. The number of nitrogens with one attached hydrogen (secondary N) is 1. The fraction of sp³-hybridized carbons (Fsp3) is 0.278. The maximum Gasteiger partial charge on any atom is 0.251 e. The number of aryl methyl sites for hydroxylation is 1. The summed E-state index contributed by atoms with van der Waals surface area (Å²) in [4.78, 5) is 11.9. The highest BCUT2D eigenvalue weighted by Gasteiger charge is 2.07. The molecule has 0 aliphatic rings. The molecule has 1 amide bonds. The van der Waals surface area contributed by atoms with Gasteiger partial charge in [0.2, 0.25) is 0 Å². The van der Waals surface area contributed by atoms with E-state index >= 15 is 0 Å². The molecule has 0 aromatic heterocycles. The summed E-state index contributed by atoms with van der Waals surface area (Å²) in [6.07, 6.45) is -0.565. The standard InChI is InChI=1S/C18H21NO3/c1-13-6-8-15(9-7-13)12-22-17-5-3-4-16(10-17)18(21)19-11-14(2)20/h3-10,14,20H,11-12H2,1-2H3,(H,19,21). The fourth-order valence-corrected chi connectivity index (χ4v) is 1.92. The smallest absolute Gasteiger partial charge is 0.251 e. The Hall–Kier alpha value is -2.33. The Bertz CT molecular complexity index is 620. The van der Waals surface area contributed by atoms with E-state index in [1.54, 1.807) is 25.1 Å². The topological polar surface area (TPSA) is 58.6 Å². The summed E-state index contributed by atoms with van der Waals surface area (Å²) in [5.41, 5.74) is 2.80. The lowest BCUT2D eigenvalue weighted by Gasteiger charge is -2.10. The Kier molecular flexibility index (Phi) is 5.55. The van der Waals surface area contributed by atoms with Crippen molar-refractivity contribution in [1.82, 2.24) is 5.32 Å². The van der Waals surface area contributed by atoms with Gasteiger partial charge in [-0.05, 0) is 37.6 Å². The molecule has 2 aromatic carbocycles. The molecular formula is C18H21NO3. The molecule has 1 unspecified atom stereocenters. The Morgan fingerprint density at radius 3 is 2.64 bits per heavy atom. The van der Waals surface area contributed by atoms with E-state index in [9.17, 15) is 9.90 Å². The molecular weight excluding hydrogens is 278 g/mol. The molecule has 0 bridgehead atoms. The number of rotatable bonds is 6. The van der Waals surface area contributed by atoms with Crippen LogP contribution in [-0.2, 0) is 6.61 Å². The Morgan fingerprint density at radius 2 is 1.95 bits per heavy atom. The van der Waals surface area contributed by atoms with Crippen LogP contribution in [0.1, 0.15) is 28.4 Å². The van der Waals surface area contributed by atoms with Crippen LogP contribution in [0.2, 0.25) is 0 Å². The lowest BCUT2D eigenvalue weighted by molar-refractivity contribution is 0.0923. The number of ether oxygens (including phenoxy) is 1. The van der Waals surface area contributed by atoms with Gasteiger partial charge in [-0.25, -0.2) is 0 Å². The average molecular weight is 299 g/mol. The van der Waals surface area contributed by atoms with Crippen LogP contribution in [0, 0.1) is 6.92 Å². The summed E-state index contributed by atoms with van der Waals surface area (Å²) in [5.74, 6) is 0.423. The first kappa shape index (κ1) is 16.0. The third-order valence-corrected chi connectivity index (χ3v) is 3.18. The van der Waals surface area contributed by atoms with Crippen molar-refractivity contribution in [2.45, 2.75) is 26.6 Å². The number of aliphatic hydroxyl groups is 1. The van der Waals surface area contributed by atoms with Crippen LogP contribution in [0.25, 0.3) is 0 Å². The van der Waals surface area contributed by atoms with E-state index in [4.69, 9.17) is 4.74 Å². The van der Waals surface area contributed by atoms with Gasteiger partial charge in [-0.2, -0.15) is 0 Å². The highest BCUT2D eigenvalue weighted by molar-refractivity contribution is 5.94. The zero-order valence-electron chi connectivity index (χ0n) is 12.9. The van der Waals surface area contributed by atoms with Crippen LogP contribution < -0.4 is 10.1 Å². The molecule has 2 N–H and O–H groups in total. The molecule has 0 aliphatic carbocycles. The normalized spacial score (nSPS) is 11.8. The van der Waals surface area contributed by atoms with E-state index in [1.165, 1.54) is 5.56 Å². The summed E-state index contributed by atoms with van der Waals surface area (Å²) >= 11 is 0. The molecule has 0 saturated heterocycles. The van der Waals surface area contributed by atoms with Gasteiger partial charge in [-0.1, -0.05) is 35.9 Å². The van der Waals surface area contributed by atoms with Crippen molar-refractivity contribution in [3.8, 4) is 5.75 Å². The van der Waals surface area contributed by atoms with E-state index in [0.717, 1.165) is 5.56 Å². The predicted molar refractivity (Wildman–Crippen MR) is 86.0 cm³/mol. The second-order valence-electron chi connectivity index (χ2n) is 5.36. The highest BCUT2D eigenvalue weighted by Crippen LogP contribution is 2.15. The first-order chi connectivity index (χ1) is 10.5. The quantitative estimate of drug-likeness (QED) is 0.862. The highest BCUT2D eigenvalue weighted by atomic mass is 16.5. The zero-order chi connectivity index (χ0) is 15.9. The van der Waals surface area contributed by atoms with Gasteiger partial charge < -0.3 is 15.2 Å². The monoisotopic (exact) mass is 299 g/mol.